The van der Waals surface area contributed by atoms with Crippen LogP contribution in [0.5, 0.6) is 5.75 Å². The lowest BCUT2D eigenvalue weighted by Gasteiger charge is -2.07. The lowest BCUT2D eigenvalue weighted by Crippen LogP contribution is -2.13. The van der Waals surface area contributed by atoms with Gasteiger partial charge in [-0.15, -0.1) is 0 Å². The highest BCUT2D eigenvalue weighted by molar-refractivity contribution is 6.07. The first kappa shape index (κ1) is 15.1. The highest BCUT2D eigenvalue weighted by Gasteiger charge is 2.15. The number of hydrogen-bond donors (Lipinski definition) is 2. The average molecular weight is 312 g/mol. The van der Waals surface area contributed by atoms with Crippen LogP contribution in [0.1, 0.15) is 23.0 Å². The van der Waals surface area contributed by atoms with Crippen LogP contribution in [0.4, 0.5) is 10.1 Å². The van der Waals surface area contributed by atoms with Crippen LogP contribution in [-0.4, -0.2) is 17.5 Å². The third kappa shape index (κ3) is 3.04. The van der Waals surface area contributed by atoms with Gasteiger partial charge in [-0.25, -0.2) is 4.39 Å². The number of carbonyl (C=O) groups is 1. The van der Waals surface area contributed by atoms with Crippen molar-refractivity contribution >= 4 is 22.5 Å². The van der Waals surface area contributed by atoms with Gasteiger partial charge in [0.25, 0.3) is 5.91 Å². The molecule has 0 bridgehead atoms. The summed E-state index contributed by atoms with van der Waals surface area (Å²) in [4.78, 5) is 15.4. The third-order valence-electron chi connectivity index (χ3n) is 3.67. The Morgan fingerprint density at radius 3 is 2.65 bits per heavy atom. The lowest BCUT2D eigenvalue weighted by atomic mass is 10.1. The van der Waals surface area contributed by atoms with Crippen LogP contribution in [0.25, 0.3) is 10.9 Å². The van der Waals surface area contributed by atoms with Gasteiger partial charge in [0, 0.05) is 16.6 Å². The van der Waals surface area contributed by atoms with Crippen LogP contribution in [0.2, 0.25) is 0 Å². The average Bonchev–Trinajstić information content (AvgIpc) is 2.86. The highest BCUT2D eigenvalue weighted by Crippen LogP contribution is 2.23. The Morgan fingerprint density at radius 1 is 1.22 bits per heavy atom. The van der Waals surface area contributed by atoms with Crippen molar-refractivity contribution < 1.29 is 13.9 Å². The molecule has 0 radical (unpaired) electrons. The van der Waals surface area contributed by atoms with Gasteiger partial charge in [-0.3, -0.25) is 4.79 Å². The monoisotopic (exact) mass is 312 g/mol. The summed E-state index contributed by atoms with van der Waals surface area (Å²) in [5, 5.41) is 3.66. The maximum atomic E-state index is 13.3. The number of aromatic nitrogens is 1. The number of anilines is 1. The quantitative estimate of drug-likeness (QED) is 0.756. The summed E-state index contributed by atoms with van der Waals surface area (Å²) in [6.07, 6.45) is 0. The predicted octanol–water partition coefficient (Wildman–Crippen LogP) is 4.27. The first-order chi connectivity index (χ1) is 11.1. The van der Waals surface area contributed by atoms with Gasteiger partial charge in [0.1, 0.15) is 17.3 Å². The van der Waals surface area contributed by atoms with E-state index in [4.69, 9.17) is 4.74 Å². The zero-order chi connectivity index (χ0) is 16.4. The molecule has 0 unspecified atom stereocenters. The molecule has 118 valence electrons. The van der Waals surface area contributed by atoms with E-state index < -0.39 is 0 Å². The van der Waals surface area contributed by atoms with E-state index in [-0.39, 0.29) is 11.7 Å². The van der Waals surface area contributed by atoms with E-state index in [1.807, 2.05) is 13.8 Å². The largest absolute Gasteiger partial charge is 0.494 e. The fraction of sp³-hybridized carbons (Fsp3) is 0.167. The smallest absolute Gasteiger partial charge is 0.272 e. The van der Waals surface area contributed by atoms with Crippen molar-refractivity contribution in [1.29, 1.82) is 0 Å². The Morgan fingerprint density at radius 2 is 1.96 bits per heavy atom. The fourth-order valence-corrected chi connectivity index (χ4v) is 2.53. The zero-order valence-electron chi connectivity index (χ0n) is 12.9. The second-order valence-corrected chi connectivity index (χ2v) is 5.23. The van der Waals surface area contributed by atoms with E-state index in [2.05, 4.69) is 10.3 Å². The number of benzene rings is 2. The molecule has 0 aliphatic rings. The minimum Gasteiger partial charge on any atom is -0.494 e. The Balaban J connectivity index is 1.84. The number of fused-ring (bicyclic) bond motifs is 1. The molecule has 0 aliphatic carbocycles. The highest BCUT2D eigenvalue weighted by atomic mass is 19.1. The molecular formula is C18H17FN2O2. The Kier molecular flexibility index (Phi) is 4.02. The number of hydrogen-bond acceptors (Lipinski definition) is 2. The SMILES string of the molecule is CCOc1ccc(NC(=O)c2[nH]c3cc(F)ccc3c2C)cc1. The van der Waals surface area contributed by atoms with Gasteiger partial charge in [-0.2, -0.15) is 0 Å². The molecule has 0 aliphatic heterocycles. The second-order valence-electron chi connectivity index (χ2n) is 5.23. The number of halogens is 1. The molecule has 3 aromatic rings. The van der Waals surface area contributed by atoms with Gasteiger partial charge in [-0.05, 0) is 61.9 Å². The van der Waals surface area contributed by atoms with Crippen molar-refractivity contribution in [3.05, 3.63) is 59.5 Å². The molecule has 4 nitrogen and oxygen atoms in total. The minimum absolute atomic E-state index is 0.261. The number of H-pyrrole nitrogens is 1. The number of carbonyl (C=O) groups excluding carboxylic acids is 1. The predicted molar refractivity (Wildman–Crippen MR) is 88.6 cm³/mol. The normalized spacial score (nSPS) is 10.7. The summed E-state index contributed by atoms with van der Waals surface area (Å²) in [5.74, 6) is 0.156. The number of aryl methyl sites for hydroxylation is 1. The summed E-state index contributed by atoms with van der Waals surface area (Å²) in [5.41, 5.74) is 2.50. The summed E-state index contributed by atoms with van der Waals surface area (Å²) in [6.45, 7) is 4.34. The molecule has 2 N–H and O–H groups in total. The molecule has 1 amide bonds. The van der Waals surface area contributed by atoms with Gasteiger partial charge in [-0.1, -0.05) is 0 Å². The van der Waals surface area contributed by atoms with Gasteiger partial charge < -0.3 is 15.0 Å². The standard InChI is InChI=1S/C18H17FN2O2/c1-3-23-14-7-5-13(6-8-14)20-18(22)17-11(2)15-9-4-12(19)10-16(15)21-17/h4-10,21H,3H2,1-2H3,(H,20,22). The summed E-state index contributed by atoms with van der Waals surface area (Å²) in [6, 6.07) is 11.6. The molecule has 5 heteroatoms. The van der Waals surface area contributed by atoms with Gasteiger partial charge in [0.2, 0.25) is 0 Å². The number of aromatic amines is 1. The maximum Gasteiger partial charge on any atom is 0.272 e. The zero-order valence-corrected chi connectivity index (χ0v) is 12.9. The molecule has 0 saturated carbocycles. The van der Waals surface area contributed by atoms with Crippen molar-refractivity contribution in [3.8, 4) is 5.75 Å². The van der Waals surface area contributed by atoms with Crippen LogP contribution in [-0.2, 0) is 0 Å². The Hall–Kier alpha value is -2.82. The molecule has 0 atom stereocenters. The van der Waals surface area contributed by atoms with Crippen molar-refractivity contribution in [1.82, 2.24) is 4.98 Å². The molecule has 2 aromatic carbocycles. The van der Waals surface area contributed by atoms with Crippen LogP contribution < -0.4 is 10.1 Å². The molecule has 0 spiro atoms. The molecule has 3 rings (SSSR count). The van der Waals surface area contributed by atoms with E-state index in [1.54, 1.807) is 30.3 Å². The first-order valence-electron chi connectivity index (χ1n) is 7.40. The summed E-state index contributed by atoms with van der Waals surface area (Å²) < 4.78 is 18.7. The Labute approximate surface area is 133 Å². The van der Waals surface area contributed by atoms with Gasteiger partial charge >= 0.3 is 0 Å². The van der Waals surface area contributed by atoms with Gasteiger partial charge in [0.05, 0.1) is 6.61 Å². The molecule has 1 aromatic heterocycles. The van der Waals surface area contributed by atoms with Crippen LogP contribution in [0.15, 0.2) is 42.5 Å². The van der Waals surface area contributed by atoms with Crippen molar-refractivity contribution in [2.45, 2.75) is 13.8 Å². The number of amides is 1. The fourth-order valence-electron chi connectivity index (χ4n) is 2.53. The van der Waals surface area contributed by atoms with Crippen LogP contribution >= 0.6 is 0 Å². The second kappa shape index (κ2) is 6.12. The van der Waals surface area contributed by atoms with E-state index >= 15 is 0 Å². The lowest BCUT2D eigenvalue weighted by molar-refractivity contribution is 0.102. The number of rotatable bonds is 4. The molecule has 0 fully saturated rings. The number of ether oxygens (including phenoxy) is 1. The van der Waals surface area contributed by atoms with E-state index in [0.717, 1.165) is 16.7 Å². The molecule has 23 heavy (non-hydrogen) atoms. The van der Waals surface area contributed by atoms with E-state index in [0.29, 0.717) is 23.5 Å². The van der Waals surface area contributed by atoms with E-state index in [1.165, 1.54) is 12.1 Å². The summed E-state index contributed by atoms with van der Waals surface area (Å²) >= 11 is 0. The topological polar surface area (TPSA) is 54.1 Å². The van der Waals surface area contributed by atoms with E-state index in [9.17, 15) is 9.18 Å². The molecule has 1 heterocycles. The Bertz CT molecular complexity index is 853. The summed E-state index contributed by atoms with van der Waals surface area (Å²) in [7, 11) is 0. The van der Waals surface area contributed by atoms with Crippen molar-refractivity contribution in [2.75, 3.05) is 11.9 Å². The number of nitrogens with one attached hydrogen (secondary N) is 2. The minimum atomic E-state index is -0.336. The van der Waals surface area contributed by atoms with Crippen LogP contribution in [0, 0.1) is 12.7 Å². The van der Waals surface area contributed by atoms with Crippen molar-refractivity contribution in [3.63, 3.8) is 0 Å². The molecule has 0 saturated heterocycles. The first-order valence-corrected chi connectivity index (χ1v) is 7.40. The maximum absolute atomic E-state index is 13.3. The van der Waals surface area contributed by atoms with Crippen LogP contribution in [0.3, 0.4) is 0 Å². The third-order valence-corrected chi connectivity index (χ3v) is 3.67. The van der Waals surface area contributed by atoms with Crippen molar-refractivity contribution in [2.24, 2.45) is 0 Å². The molecular weight excluding hydrogens is 295 g/mol. The van der Waals surface area contributed by atoms with Gasteiger partial charge in [0.15, 0.2) is 0 Å².